The first-order valence-corrected chi connectivity index (χ1v) is 10.6. The number of phenols is 1. The SMILES string of the molecule is C=S1CC2(n3cc4ccc(-c5c(C)cc(C(F)(F)F)cc5O)nc4n3)CC1C2. The molecule has 4 nitrogen and oxygen atoms in total. The summed E-state index contributed by atoms with van der Waals surface area (Å²) < 4.78 is 40.9. The number of aryl methyl sites for hydroxylation is 1. The lowest BCUT2D eigenvalue weighted by molar-refractivity contribution is -0.137. The van der Waals surface area contributed by atoms with Gasteiger partial charge in [-0.05, 0) is 49.6 Å². The molecule has 1 N–H and O–H groups in total. The Morgan fingerprint density at radius 2 is 2.04 bits per heavy atom. The summed E-state index contributed by atoms with van der Waals surface area (Å²) in [5.74, 6) is 4.85. The molecule has 1 saturated carbocycles. The summed E-state index contributed by atoms with van der Waals surface area (Å²) in [5.41, 5.74) is 0.726. The average molecular weight is 405 g/mol. The van der Waals surface area contributed by atoms with E-state index in [2.05, 4.69) is 16.0 Å². The maximum atomic E-state index is 13.0. The van der Waals surface area contributed by atoms with Crippen molar-refractivity contribution in [1.29, 1.82) is 0 Å². The first-order chi connectivity index (χ1) is 13.2. The van der Waals surface area contributed by atoms with Crippen molar-refractivity contribution in [3.63, 3.8) is 0 Å². The fraction of sp³-hybridized carbons (Fsp3) is 0.350. The summed E-state index contributed by atoms with van der Waals surface area (Å²) in [6, 6.07) is 5.34. The van der Waals surface area contributed by atoms with E-state index < -0.39 is 17.5 Å². The van der Waals surface area contributed by atoms with Crippen LogP contribution in [0.25, 0.3) is 22.3 Å². The Morgan fingerprint density at radius 3 is 2.64 bits per heavy atom. The molecule has 3 fully saturated rings. The Balaban J connectivity index is 1.57. The molecule has 0 amide bonds. The number of aromatic hydroxyl groups is 1. The third-order valence-electron chi connectivity index (χ3n) is 5.89. The zero-order valence-electron chi connectivity index (χ0n) is 15.1. The molecule has 2 aliphatic heterocycles. The number of benzene rings is 1. The van der Waals surface area contributed by atoms with Gasteiger partial charge in [-0.15, -0.1) is 0 Å². The minimum absolute atomic E-state index is 0.0444. The second kappa shape index (κ2) is 5.59. The normalized spacial score (nSPS) is 26.6. The summed E-state index contributed by atoms with van der Waals surface area (Å²) >= 11 is 0. The van der Waals surface area contributed by atoms with Crippen LogP contribution in [0.1, 0.15) is 24.0 Å². The van der Waals surface area contributed by atoms with Crippen LogP contribution in [0.15, 0.2) is 30.5 Å². The standard InChI is InChI=1S/C20H18F3N3OS/c1-11-5-13(20(21,22)23)6-16(27)17(11)15-4-3-12-9-26(25-18(12)24-15)19-7-14(8-19)28(2)10-19/h3-6,9,14,27H,2,7-8,10H2,1H3. The molecule has 3 aliphatic rings. The van der Waals surface area contributed by atoms with E-state index in [0.29, 0.717) is 27.7 Å². The molecular weight excluding hydrogens is 387 g/mol. The van der Waals surface area contributed by atoms with Gasteiger partial charge in [0.05, 0.1) is 16.8 Å². The van der Waals surface area contributed by atoms with E-state index in [4.69, 9.17) is 0 Å². The zero-order chi connectivity index (χ0) is 19.8. The van der Waals surface area contributed by atoms with E-state index >= 15 is 0 Å². The minimum Gasteiger partial charge on any atom is -0.507 e. The number of fused-ring (bicyclic) bond motifs is 2. The number of halogens is 3. The second-order valence-corrected chi connectivity index (χ2v) is 9.83. The van der Waals surface area contributed by atoms with Gasteiger partial charge in [0.2, 0.25) is 0 Å². The summed E-state index contributed by atoms with van der Waals surface area (Å²) in [5, 5.41) is 16.5. The van der Waals surface area contributed by atoms with Crippen LogP contribution in [0, 0.1) is 6.92 Å². The summed E-state index contributed by atoms with van der Waals surface area (Å²) in [6.45, 7) is 1.54. The fourth-order valence-corrected chi connectivity index (χ4v) is 6.79. The Morgan fingerprint density at radius 1 is 1.29 bits per heavy atom. The third-order valence-corrected chi connectivity index (χ3v) is 8.08. The van der Waals surface area contributed by atoms with Gasteiger partial charge in [-0.3, -0.25) is 4.68 Å². The molecular formula is C20H18F3N3OS. The highest BCUT2D eigenvalue weighted by atomic mass is 32.2. The number of rotatable bonds is 2. The highest BCUT2D eigenvalue weighted by Gasteiger charge is 2.54. The number of pyridine rings is 1. The Hall–Kier alpha value is -2.35. The van der Waals surface area contributed by atoms with Crippen molar-refractivity contribution in [3.8, 4) is 17.0 Å². The van der Waals surface area contributed by atoms with E-state index in [0.717, 1.165) is 36.1 Å². The van der Waals surface area contributed by atoms with E-state index in [1.54, 1.807) is 6.07 Å². The number of phenolic OH excluding ortho intramolecular Hbond substituents is 1. The molecule has 4 heterocycles. The zero-order valence-corrected chi connectivity index (χ0v) is 15.9. The van der Waals surface area contributed by atoms with Gasteiger partial charge in [0.15, 0.2) is 5.65 Å². The van der Waals surface area contributed by atoms with Gasteiger partial charge in [0, 0.05) is 28.1 Å². The number of alkyl halides is 3. The number of hydrogen-bond donors (Lipinski definition) is 1. The smallest absolute Gasteiger partial charge is 0.416 e. The molecule has 2 bridgehead atoms. The van der Waals surface area contributed by atoms with Crippen LogP contribution >= 0.6 is 10.5 Å². The second-order valence-electron chi connectivity index (χ2n) is 7.80. The van der Waals surface area contributed by atoms with Crippen molar-refractivity contribution in [1.82, 2.24) is 14.8 Å². The molecule has 6 rings (SSSR count). The molecule has 0 spiro atoms. The predicted molar refractivity (Wildman–Crippen MR) is 105 cm³/mol. The Kier molecular flexibility index (Phi) is 3.54. The maximum Gasteiger partial charge on any atom is 0.416 e. The molecule has 2 aromatic heterocycles. The highest BCUT2D eigenvalue weighted by Crippen LogP contribution is 2.58. The van der Waals surface area contributed by atoms with Crippen molar-refractivity contribution >= 4 is 27.4 Å². The quantitative estimate of drug-likeness (QED) is 0.629. The van der Waals surface area contributed by atoms with Crippen LogP contribution in [0.3, 0.4) is 0 Å². The predicted octanol–water partition coefficient (Wildman–Crippen LogP) is 4.70. The van der Waals surface area contributed by atoms with Crippen molar-refractivity contribution < 1.29 is 18.3 Å². The molecule has 8 heteroatoms. The Labute approximate surface area is 161 Å². The largest absolute Gasteiger partial charge is 0.507 e. The molecule has 1 atom stereocenters. The number of nitrogens with zero attached hydrogens (tertiary/aromatic N) is 3. The van der Waals surface area contributed by atoms with E-state index in [9.17, 15) is 18.3 Å². The molecule has 3 aromatic rings. The van der Waals surface area contributed by atoms with Gasteiger partial charge < -0.3 is 5.11 Å². The monoisotopic (exact) mass is 405 g/mol. The van der Waals surface area contributed by atoms with Crippen LogP contribution in [0.5, 0.6) is 5.75 Å². The van der Waals surface area contributed by atoms with Crippen molar-refractivity contribution in [3.05, 3.63) is 41.6 Å². The van der Waals surface area contributed by atoms with Gasteiger partial charge in [0.25, 0.3) is 0 Å². The number of hydrogen-bond acceptors (Lipinski definition) is 3. The van der Waals surface area contributed by atoms with E-state index in [1.165, 1.54) is 6.92 Å². The van der Waals surface area contributed by atoms with Crippen LogP contribution in [0.2, 0.25) is 0 Å². The minimum atomic E-state index is -4.51. The lowest BCUT2D eigenvalue weighted by Crippen LogP contribution is -2.43. The van der Waals surface area contributed by atoms with Crippen LogP contribution < -0.4 is 0 Å². The Bertz CT molecular complexity index is 1120. The molecule has 1 unspecified atom stereocenters. The first-order valence-electron chi connectivity index (χ1n) is 8.94. The fourth-order valence-electron chi connectivity index (χ4n) is 4.41. The molecule has 1 aliphatic carbocycles. The van der Waals surface area contributed by atoms with Crippen molar-refractivity contribution in [2.75, 3.05) is 5.75 Å². The third kappa shape index (κ3) is 2.50. The first kappa shape index (κ1) is 17.7. The van der Waals surface area contributed by atoms with Crippen LogP contribution in [-0.2, 0) is 11.7 Å². The van der Waals surface area contributed by atoms with Gasteiger partial charge in [-0.2, -0.15) is 28.8 Å². The van der Waals surface area contributed by atoms with Crippen molar-refractivity contribution in [2.45, 2.75) is 36.7 Å². The van der Waals surface area contributed by atoms with Gasteiger partial charge in [-0.1, -0.05) is 5.87 Å². The topological polar surface area (TPSA) is 50.9 Å². The maximum absolute atomic E-state index is 13.0. The average Bonchev–Trinajstić information content (AvgIpc) is 3.22. The summed E-state index contributed by atoms with van der Waals surface area (Å²) in [4.78, 5) is 4.53. The van der Waals surface area contributed by atoms with Gasteiger partial charge in [0.1, 0.15) is 5.75 Å². The molecule has 0 radical (unpaired) electrons. The van der Waals surface area contributed by atoms with Gasteiger partial charge >= 0.3 is 6.18 Å². The summed E-state index contributed by atoms with van der Waals surface area (Å²) in [6.07, 6.45) is -0.326. The molecule has 2 saturated heterocycles. The van der Waals surface area contributed by atoms with E-state index in [-0.39, 0.29) is 16.0 Å². The number of aromatic nitrogens is 3. The highest BCUT2D eigenvalue weighted by molar-refractivity contribution is 8.15. The van der Waals surface area contributed by atoms with Crippen LogP contribution in [0.4, 0.5) is 13.2 Å². The summed E-state index contributed by atoms with van der Waals surface area (Å²) in [7, 11) is 0.189. The molecule has 146 valence electrons. The molecule has 1 aromatic carbocycles. The lowest BCUT2D eigenvalue weighted by atomic mass is 9.79. The van der Waals surface area contributed by atoms with E-state index in [1.807, 2.05) is 16.9 Å². The van der Waals surface area contributed by atoms with Crippen LogP contribution in [-0.4, -0.2) is 36.7 Å². The molecule has 28 heavy (non-hydrogen) atoms. The van der Waals surface area contributed by atoms with Crippen molar-refractivity contribution in [2.24, 2.45) is 0 Å². The van der Waals surface area contributed by atoms with Gasteiger partial charge in [-0.25, -0.2) is 4.98 Å². The lowest BCUT2D eigenvalue weighted by Gasteiger charge is -2.37.